The fraction of sp³-hybridized carbons (Fsp3) is 0.500. The molecule has 1 aliphatic rings. The number of aromatic nitrogens is 4. The summed E-state index contributed by atoms with van der Waals surface area (Å²) < 4.78 is 1.51. The van der Waals surface area contributed by atoms with Crippen LogP contribution >= 0.6 is 0 Å². The Kier molecular flexibility index (Phi) is 5.05. The predicted molar refractivity (Wildman–Crippen MR) is 93.5 cm³/mol. The number of piperazine rings is 1. The standard InChI is InChI=1S/C16H23N7O/c1-20(2)14-5-7-17-16(19-14)22-11-8-21(9-12-22)10-13-23-15(24)4-3-6-18-23/h3-7H,8-13H2,1-2H3. The third kappa shape index (κ3) is 3.88. The minimum atomic E-state index is -0.0509. The average Bonchev–Trinajstić information content (AvgIpc) is 2.61. The van der Waals surface area contributed by atoms with Crippen molar-refractivity contribution in [3.63, 3.8) is 0 Å². The minimum Gasteiger partial charge on any atom is -0.363 e. The van der Waals surface area contributed by atoms with Gasteiger partial charge >= 0.3 is 0 Å². The van der Waals surface area contributed by atoms with E-state index in [4.69, 9.17) is 0 Å². The summed E-state index contributed by atoms with van der Waals surface area (Å²) in [5.41, 5.74) is -0.0509. The number of nitrogens with zero attached hydrogens (tertiary/aromatic N) is 7. The Morgan fingerprint density at radius 3 is 2.58 bits per heavy atom. The SMILES string of the molecule is CN(C)c1ccnc(N2CCN(CCn3ncccc3=O)CC2)n1. The summed E-state index contributed by atoms with van der Waals surface area (Å²) in [7, 11) is 3.95. The minimum absolute atomic E-state index is 0.0509. The first kappa shape index (κ1) is 16.4. The Hall–Kier alpha value is -2.48. The van der Waals surface area contributed by atoms with Gasteiger partial charge in [-0.05, 0) is 12.1 Å². The van der Waals surface area contributed by atoms with Gasteiger partial charge in [-0.2, -0.15) is 10.1 Å². The smallest absolute Gasteiger partial charge is 0.266 e. The summed E-state index contributed by atoms with van der Waals surface area (Å²) in [6, 6.07) is 5.11. The number of hydrogen-bond acceptors (Lipinski definition) is 7. The topological polar surface area (TPSA) is 70.4 Å². The van der Waals surface area contributed by atoms with Crippen molar-refractivity contribution in [2.75, 3.05) is 56.6 Å². The van der Waals surface area contributed by atoms with Crippen LogP contribution in [-0.2, 0) is 6.54 Å². The molecule has 1 fully saturated rings. The van der Waals surface area contributed by atoms with Crippen molar-refractivity contribution in [2.45, 2.75) is 6.54 Å². The molecule has 1 saturated heterocycles. The molecule has 0 aromatic carbocycles. The maximum atomic E-state index is 11.7. The average molecular weight is 329 g/mol. The molecule has 0 unspecified atom stereocenters. The van der Waals surface area contributed by atoms with Crippen LogP contribution in [0.25, 0.3) is 0 Å². The van der Waals surface area contributed by atoms with Crippen molar-refractivity contribution >= 4 is 11.8 Å². The van der Waals surface area contributed by atoms with E-state index in [1.807, 2.05) is 25.1 Å². The van der Waals surface area contributed by atoms with E-state index in [0.717, 1.165) is 44.5 Å². The number of rotatable bonds is 5. The highest BCUT2D eigenvalue weighted by Crippen LogP contribution is 2.14. The zero-order valence-corrected chi connectivity index (χ0v) is 14.2. The lowest BCUT2D eigenvalue weighted by molar-refractivity contribution is 0.241. The van der Waals surface area contributed by atoms with Crippen molar-refractivity contribution in [3.8, 4) is 0 Å². The monoisotopic (exact) mass is 329 g/mol. The first-order valence-electron chi connectivity index (χ1n) is 8.13. The highest BCUT2D eigenvalue weighted by atomic mass is 16.1. The zero-order valence-electron chi connectivity index (χ0n) is 14.2. The van der Waals surface area contributed by atoms with Crippen LogP contribution in [0.5, 0.6) is 0 Å². The van der Waals surface area contributed by atoms with E-state index >= 15 is 0 Å². The van der Waals surface area contributed by atoms with Crippen molar-refractivity contribution < 1.29 is 0 Å². The van der Waals surface area contributed by atoms with Gasteiger partial charge in [0.05, 0.1) is 6.54 Å². The van der Waals surface area contributed by atoms with Gasteiger partial charge < -0.3 is 9.80 Å². The van der Waals surface area contributed by atoms with Crippen molar-refractivity contribution in [1.82, 2.24) is 24.6 Å². The molecule has 8 heteroatoms. The normalized spacial score (nSPS) is 15.5. The fourth-order valence-corrected chi connectivity index (χ4v) is 2.70. The molecule has 2 aromatic rings. The van der Waals surface area contributed by atoms with E-state index in [2.05, 4.69) is 24.9 Å². The lowest BCUT2D eigenvalue weighted by atomic mass is 10.3. The van der Waals surface area contributed by atoms with Crippen LogP contribution in [0, 0.1) is 0 Å². The van der Waals surface area contributed by atoms with Crippen LogP contribution in [0.1, 0.15) is 0 Å². The fourth-order valence-electron chi connectivity index (χ4n) is 2.70. The molecule has 0 amide bonds. The van der Waals surface area contributed by atoms with Crippen LogP contribution in [-0.4, -0.2) is 71.5 Å². The van der Waals surface area contributed by atoms with E-state index < -0.39 is 0 Å². The lowest BCUT2D eigenvalue weighted by Crippen LogP contribution is -2.48. The molecule has 8 nitrogen and oxygen atoms in total. The molecule has 0 spiro atoms. The highest BCUT2D eigenvalue weighted by Gasteiger charge is 2.19. The van der Waals surface area contributed by atoms with E-state index in [-0.39, 0.29) is 5.56 Å². The Balaban J connectivity index is 1.53. The molecule has 0 bridgehead atoms. The van der Waals surface area contributed by atoms with Crippen molar-refractivity contribution in [3.05, 3.63) is 40.9 Å². The quantitative estimate of drug-likeness (QED) is 0.760. The van der Waals surface area contributed by atoms with Gasteiger partial charge in [0.15, 0.2) is 0 Å². The molecule has 0 saturated carbocycles. The Morgan fingerprint density at radius 1 is 1.08 bits per heavy atom. The Labute approximate surface area is 141 Å². The first-order valence-corrected chi connectivity index (χ1v) is 8.13. The van der Waals surface area contributed by atoms with Crippen LogP contribution in [0.4, 0.5) is 11.8 Å². The Bertz CT molecular complexity index is 722. The van der Waals surface area contributed by atoms with Crippen LogP contribution < -0.4 is 15.4 Å². The number of hydrogen-bond donors (Lipinski definition) is 0. The second-order valence-electron chi connectivity index (χ2n) is 6.02. The first-order chi connectivity index (χ1) is 11.6. The molecule has 2 aromatic heterocycles. The lowest BCUT2D eigenvalue weighted by Gasteiger charge is -2.34. The number of anilines is 2. The third-order valence-corrected chi connectivity index (χ3v) is 4.15. The summed E-state index contributed by atoms with van der Waals surface area (Å²) in [6.45, 7) is 5.06. The van der Waals surface area contributed by atoms with Gasteiger partial charge in [-0.1, -0.05) is 0 Å². The predicted octanol–water partition coefficient (Wildman–Crippen LogP) is -0.0785. The van der Waals surface area contributed by atoms with Gasteiger partial charge in [-0.25, -0.2) is 9.67 Å². The van der Waals surface area contributed by atoms with Gasteiger partial charge in [-0.15, -0.1) is 0 Å². The highest BCUT2D eigenvalue weighted by molar-refractivity contribution is 5.42. The molecule has 3 rings (SSSR count). The molecule has 24 heavy (non-hydrogen) atoms. The molecule has 128 valence electrons. The van der Waals surface area contributed by atoms with E-state index in [1.165, 1.54) is 4.68 Å². The molecule has 0 N–H and O–H groups in total. The largest absolute Gasteiger partial charge is 0.363 e. The maximum absolute atomic E-state index is 11.7. The second kappa shape index (κ2) is 7.39. The summed E-state index contributed by atoms with van der Waals surface area (Å²) in [4.78, 5) is 27.2. The molecule has 0 radical (unpaired) electrons. The van der Waals surface area contributed by atoms with E-state index in [1.54, 1.807) is 24.5 Å². The van der Waals surface area contributed by atoms with Crippen molar-refractivity contribution in [2.24, 2.45) is 0 Å². The van der Waals surface area contributed by atoms with E-state index in [0.29, 0.717) is 6.54 Å². The molecule has 1 aliphatic heterocycles. The van der Waals surface area contributed by atoms with Gasteiger partial charge in [0, 0.05) is 65.3 Å². The van der Waals surface area contributed by atoms with Gasteiger partial charge in [0.25, 0.3) is 5.56 Å². The van der Waals surface area contributed by atoms with Gasteiger partial charge in [0.1, 0.15) is 5.82 Å². The van der Waals surface area contributed by atoms with Gasteiger partial charge in [0.2, 0.25) is 5.95 Å². The second-order valence-corrected chi connectivity index (χ2v) is 6.02. The molecular formula is C16H23N7O. The molecule has 0 aliphatic carbocycles. The van der Waals surface area contributed by atoms with Crippen LogP contribution in [0.2, 0.25) is 0 Å². The van der Waals surface area contributed by atoms with Crippen molar-refractivity contribution in [1.29, 1.82) is 0 Å². The Morgan fingerprint density at radius 2 is 1.88 bits per heavy atom. The van der Waals surface area contributed by atoms with Crippen LogP contribution in [0.15, 0.2) is 35.4 Å². The summed E-state index contributed by atoms with van der Waals surface area (Å²) in [5.74, 6) is 1.69. The summed E-state index contributed by atoms with van der Waals surface area (Å²) in [6.07, 6.45) is 3.45. The maximum Gasteiger partial charge on any atom is 0.266 e. The van der Waals surface area contributed by atoms with E-state index in [9.17, 15) is 4.79 Å². The molecule has 0 atom stereocenters. The van der Waals surface area contributed by atoms with Gasteiger partial charge in [-0.3, -0.25) is 9.69 Å². The molecule has 3 heterocycles. The zero-order chi connectivity index (χ0) is 16.9. The molecular weight excluding hydrogens is 306 g/mol. The summed E-state index contributed by atoms with van der Waals surface area (Å²) in [5, 5.41) is 4.09. The van der Waals surface area contributed by atoms with Crippen LogP contribution in [0.3, 0.4) is 0 Å². The third-order valence-electron chi connectivity index (χ3n) is 4.15. The summed E-state index contributed by atoms with van der Waals surface area (Å²) >= 11 is 0.